The third-order valence-corrected chi connectivity index (χ3v) is 6.73. The van der Waals surface area contributed by atoms with Crippen molar-refractivity contribution in [3.8, 4) is 0 Å². The van der Waals surface area contributed by atoms with E-state index in [1.807, 2.05) is 30.3 Å². The molecule has 0 unspecified atom stereocenters. The normalized spacial score (nSPS) is 17.9. The first-order valence-electron chi connectivity index (χ1n) is 8.91. The lowest BCUT2D eigenvalue weighted by molar-refractivity contribution is 0.206. The first-order valence-corrected chi connectivity index (χ1v) is 11.5. The number of likely N-dealkylation sites (tertiary alicyclic amines) is 1. The number of nitrogens with one attached hydrogen (secondary N) is 1. The molecule has 0 radical (unpaired) electrons. The molecule has 1 saturated heterocycles. The maximum Gasteiger partial charge on any atom is 0.215 e. The molecule has 1 aromatic carbocycles. The first kappa shape index (κ1) is 18.6. The summed E-state index contributed by atoms with van der Waals surface area (Å²) in [4.78, 5) is 2.44. The Bertz CT molecular complexity index is 722. The van der Waals surface area contributed by atoms with Gasteiger partial charge < -0.3 is 0 Å². The van der Waals surface area contributed by atoms with Crippen molar-refractivity contribution in [1.82, 2.24) is 9.62 Å². The minimum atomic E-state index is -3.34. The molecule has 0 bridgehead atoms. The lowest BCUT2D eigenvalue weighted by Crippen LogP contribution is -2.38. The quantitative estimate of drug-likeness (QED) is 0.797. The van der Waals surface area contributed by atoms with Crippen LogP contribution in [0.5, 0.6) is 0 Å². The Labute approximate surface area is 154 Å². The van der Waals surface area contributed by atoms with Crippen molar-refractivity contribution >= 4 is 21.4 Å². The van der Waals surface area contributed by atoms with Crippen LogP contribution in [0.4, 0.5) is 0 Å². The van der Waals surface area contributed by atoms with E-state index in [1.54, 1.807) is 11.3 Å². The molecule has 136 valence electrons. The zero-order chi connectivity index (χ0) is 17.5. The Balaban J connectivity index is 1.67. The molecule has 1 aliphatic rings. The lowest BCUT2D eigenvalue weighted by atomic mass is 10.1. The summed E-state index contributed by atoms with van der Waals surface area (Å²) < 4.78 is 27.8. The summed E-state index contributed by atoms with van der Waals surface area (Å²) in [6.45, 7) is 2.52. The van der Waals surface area contributed by atoms with Gasteiger partial charge in [0, 0.05) is 12.6 Å². The van der Waals surface area contributed by atoms with Gasteiger partial charge in [0.1, 0.15) is 0 Å². The zero-order valence-electron chi connectivity index (χ0n) is 14.4. The molecule has 0 saturated carbocycles. The Morgan fingerprint density at radius 3 is 2.40 bits per heavy atom. The molecule has 6 heteroatoms. The van der Waals surface area contributed by atoms with Gasteiger partial charge in [-0.3, -0.25) is 4.90 Å². The van der Waals surface area contributed by atoms with Gasteiger partial charge in [-0.05, 0) is 53.9 Å². The molecule has 0 aliphatic carbocycles. The van der Waals surface area contributed by atoms with Crippen molar-refractivity contribution < 1.29 is 8.42 Å². The highest BCUT2D eigenvalue weighted by molar-refractivity contribution is 7.88. The highest BCUT2D eigenvalue weighted by Crippen LogP contribution is 2.25. The van der Waals surface area contributed by atoms with Crippen molar-refractivity contribution in [1.29, 1.82) is 0 Å². The van der Waals surface area contributed by atoms with E-state index in [-0.39, 0.29) is 11.8 Å². The lowest BCUT2D eigenvalue weighted by Gasteiger charge is -2.30. The topological polar surface area (TPSA) is 49.4 Å². The third kappa shape index (κ3) is 5.64. The second-order valence-corrected chi connectivity index (χ2v) is 9.20. The van der Waals surface area contributed by atoms with E-state index in [0.717, 1.165) is 18.7 Å². The Hall–Kier alpha value is -1.21. The molecule has 2 heterocycles. The zero-order valence-corrected chi connectivity index (χ0v) is 16.1. The summed E-state index contributed by atoms with van der Waals surface area (Å²) in [5.41, 5.74) is 2.03. The van der Waals surface area contributed by atoms with Crippen LogP contribution in [-0.4, -0.2) is 33.0 Å². The van der Waals surface area contributed by atoms with Gasteiger partial charge >= 0.3 is 0 Å². The molecule has 1 aliphatic heterocycles. The van der Waals surface area contributed by atoms with E-state index >= 15 is 0 Å². The Morgan fingerprint density at radius 2 is 1.76 bits per heavy atom. The minimum absolute atomic E-state index is 0.0319. The Kier molecular flexibility index (Phi) is 6.64. The summed E-state index contributed by atoms with van der Waals surface area (Å²) in [5, 5.41) is 4.21. The number of nitrogens with zero attached hydrogens (tertiary/aromatic N) is 1. The van der Waals surface area contributed by atoms with Crippen molar-refractivity contribution in [2.45, 2.75) is 37.5 Å². The summed E-state index contributed by atoms with van der Waals surface area (Å²) in [5.74, 6) is 0.0319. The number of hydrogen-bond donors (Lipinski definition) is 1. The van der Waals surface area contributed by atoms with E-state index in [0.29, 0.717) is 6.54 Å². The summed E-state index contributed by atoms with van der Waals surface area (Å²) in [6, 6.07) is 11.6. The molecule has 2 aromatic rings. The van der Waals surface area contributed by atoms with Gasteiger partial charge in [-0.1, -0.05) is 43.2 Å². The fraction of sp³-hybridized carbons (Fsp3) is 0.474. The van der Waals surface area contributed by atoms with Gasteiger partial charge in [0.05, 0.1) is 5.75 Å². The maximum atomic E-state index is 12.5. The van der Waals surface area contributed by atoms with Crippen LogP contribution in [0.1, 0.15) is 42.9 Å². The molecule has 1 fully saturated rings. The molecular formula is C19H26N2O2S2. The number of hydrogen-bond acceptors (Lipinski definition) is 4. The van der Waals surface area contributed by atoms with Gasteiger partial charge in [0.25, 0.3) is 0 Å². The fourth-order valence-corrected chi connectivity index (χ4v) is 5.23. The molecule has 3 rings (SSSR count). The highest BCUT2D eigenvalue weighted by atomic mass is 32.2. The molecule has 0 amide bonds. The van der Waals surface area contributed by atoms with E-state index in [1.165, 1.54) is 31.2 Å². The number of sulfonamides is 1. The van der Waals surface area contributed by atoms with Crippen molar-refractivity contribution in [3.63, 3.8) is 0 Å². The molecule has 1 aromatic heterocycles. The van der Waals surface area contributed by atoms with E-state index in [2.05, 4.69) is 26.4 Å². The first-order chi connectivity index (χ1) is 12.1. The Morgan fingerprint density at radius 1 is 1.04 bits per heavy atom. The molecule has 1 N–H and O–H groups in total. The largest absolute Gasteiger partial charge is 0.295 e. The summed E-state index contributed by atoms with van der Waals surface area (Å²) in [6.07, 6.45) is 4.92. The second kappa shape index (κ2) is 8.94. The van der Waals surface area contributed by atoms with Crippen LogP contribution < -0.4 is 4.72 Å². The number of benzene rings is 1. The van der Waals surface area contributed by atoms with Crippen LogP contribution in [0.2, 0.25) is 0 Å². The average molecular weight is 379 g/mol. The van der Waals surface area contributed by atoms with Gasteiger partial charge in [-0.15, -0.1) is 0 Å². The van der Waals surface area contributed by atoms with E-state index < -0.39 is 10.0 Å². The monoisotopic (exact) mass is 378 g/mol. The van der Waals surface area contributed by atoms with Crippen molar-refractivity contribution in [2.24, 2.45) is 0 Å². The van der Waals surface area contributed by atoms with Gasteiger partial charge in [-0.25, -0.2) is 13.1 Å². The van der Waals surface area contributed by atoms with E-state index in [4.69, 9.17) is 0 Å². The van der Waals surface area contributed by atoms with Gasteiger partial charge in [-0.2, -0.15) is 11.3 Å². The molecule has 4 nitrogen and oxygen atoms in total. The van der Waals surface area contributed by atoms with Crippen LogP contribution in [-0.2, 0) is 15.8 Å². The van der Waals surface area contributed by atoms with Crippen LogP contribution in [0.3, 0.4) is 0 Å². The second-order valence-electron chi connectivity index (χ2n) is 6.62. The van der Waals surface area contributed by atoms with Crippen molar-refractivity contribution in [3.05, 3.63) is 58.3 Å². The predicted molar refractivity (Wildman–Crippen MR) is 104 cm³/mol. The average Bonchev–Trinajstić information content (AvgIpc) is 2.98. The maximum absolute atomic E-state index is 12.5. The number of rotatable bonds is 7. The molecule has 1 atom stereocenters. The smallest absolute Gasteiger partial charge is 0.215 e. The fourth-order valence-electron chi connectivity index (χ4n) is 3.38. The molecular weight excluding hydrogens is 352 g/mol. The highest BCUT2D eigenvalue weighted by Gasteiger charge is 2.24. The minimum Gasteiger partial charge on any atom is -0.295 e. The molecule has 0 spiro atoms. The molecule has 25 heavy (non-hydrogen) atoms. The summed E-state index contributed by atoms with van der Waals surface area (Å²) >= 11 is 1.67. The third-order valence-electron chi connectivity index (χ3n) is 4.71. The van der Waals surface area contributed by atoms with Crippen LogP contribution in [0, 0.1) is 0 Å². The standard InChI is InChI=1S/C19H26N2O2S2/c22-25(23,16-17-8-4-3-5-9-17)20-14-19(18-10-13-24-15-18)21-11-6-1-2-7-12-21/h3-5,8-10,13,15,19-20H,1-2,6-7,11-12,14,16H2/t19-/m1/s1. The predicted octanol–water partition coefficient (Wildman–Crippen LogP) is 3.78. The van der Waals surface area contributed by atoms with Crippen molar-refractivity contribution in [2.75, 3.05) is 19.6 Å². The summed E-state index contributed by atoms with van der Waals surface area (Å²) in [7, 11) is -3.34. The van der Waals surface area contributed by atoms with Crippen LogP contribution >= 0.6 is 11.3 Å². The van der Waals surface area contributed by atoms with Crippen LogP contribution in [0.25, 0.3) is 0 Å². The number of thiophene rings is 1. The van der Waals surface area contributed by atoms with Crippen LogP contribution in [0.15, 0.2) is 47.2 Å². The SMILES string of the molecule is O=S(=O)(Cc1ccccc1)NC[C@H](c1ccsc1)N1CCCCCC1. The van der Waals surface area contributed by atoms with Gasteiger partial charge in [0.15, 0.2) is 0 Å². The van der Waals surface area contributed by atoms with Gasteiger partial charge in [0.2, 0.25) is 10.0 Å². The van der Waals surface area contributed by atoms with E-state index in [9.17, 15) is 8.42 Å².